The first-order chi connectivity index (χ1) is 20.6. The van der Waals surface area contributed by atoms with E-state index in [2.05, 4.69) is 6.92 Å². The summed E-state index contributed by atoms with van der Waals surface area (Å²) in [6, 6.07) is 10.8. The largest absolute Gasteiger partial charge is 0.494 e. The molecule has 13 heteroatoms. The van der Waals surface area contributed by atoms with Gasteiger partial charge >= 0.3 is 0 Å². The zero-order valence-electron chi connectivity index (χ0n) is 23.3. The molecule has 0 heterocycles. The van der Waals surface area contributed by atoms with E-state index < -0.39 is 42.4 Å². The Morgan fingerprint density at radius 2 is 1.19 bits per heavy atom. The van der Waals surface area contributed by atoms with E-state index >= 15 is 0 Å². The minimum absolute atomic E-state index is 0.0115. The summed E-state index contributed by atoms with van der Waals surface area (Å²) in [7, 11) is 0. The molecule has 0 unspecified atom stereocenters. The van der Waals surface area contributed by atoms with Crippen molar-refractivity contribution in [2.45, 2.75) is 45.4 Å². The number of allylic oxidation sites excluding steroid dienone is 2. The highest BCUT2D eigenvalue weighted by Crippen LogP contribution is 2.54. The van der Waals surface area contributed by atoms with Crippen LogP contribution in [0.25, 0.3) is 22.8 Å². The Balaban J connectivity index is 1.68. The first-order valence-corrected chi connectivity index (χ1v) is 13.7. The molecule has 0 amide bonds. The van der Waals surface area contributed by atoms with Gasteiger partial charge in [-0.2, -0.15) is 0 Å². The lowest BCUT2D eigenvalue weighted by Crippen LogP contribution is -1.99. The van der Waals surface area contributed by atoms with Crippen LogP contribution in [0, 0.1) is 40.5 Å². The summed E-state index contributed by atoms with van der Waals surface area (Å²) < 4.78 is 5.80. The van der Waals surface area contributed by atoms with E-state index in [4.69, 9.17) is 4.74 Å². The summed E-state index contributed by atoms with van der Waals surface area (Å²) in [5, 5.41) is 47.0. The number of ether oxygens (including phenoxy) is 1. The highest BCUT2D eigenvalue weighted by Gasteiger charge is 2.40. The zero-order chi connectivity index (χ0) is 31.1. The summed E-state index contributed by atoms with van der Waals surface area (Å²) in [5.41, 5.74) is -2.17. The number of unbranched alkanes of at least 4 members (excludes halogenated alkanes) is 5. The number of benzene rings is 3. The Kier molecular flexibility index (Phi) is 9.55. The monoisotopic (exact) mass is 588 g/mol. The number of fused-ring (bicyclic) bond motifs is 3. The fourth-order valence-electron chi connectivity index (χ4n) is 5.00. The summed E-state index contributed by atoms with van der Waals surface area (Å²) >= 11 is 0. The lowest BCUT2D eigenvalue weighted by Gasteiger charge is -2.06. The topological polar surface area (TPSA) is 182 Å². The molecule has 0 aromatic heterocycles. The van der Waals surface area contributed by atoms with Crippen LogP contribution in [-0.4, -0.2) is 26.3 Å². The SMILES string of the molecule is CCCCCCCCOc1ccc(/C=C/C=C2c3cc([N+](=O)[O-])cc([N+](=O)[O-])c3-c3c2cc([N+](=O)[O-])cc3[N+](=O)[O-])cc1. The van der Waals surface area contributed by atoms with Gasteiger partial charge in [0.2, 0.25) is 0 Å². The van der Waals surface area contributed by atoms with Gasteiger partial charge in [0.25, 0.3) is 22.7 Å². The third-order valence-corrected chi connectivity index (χ3v) is 7.05. The Bertz CT molecular complexity index is 1560. The summed E-state index contributed by atoms with van der Waals surface area (Å²) in [4.78, 5) is 43.7. The molecule has 1 aliphatic rings. The highest BCUT2D eigenvalue weighted by molar-refractivity contribution is 6.08. The molecule has 0 saturated heterocycles. The van der Waals surface area contributed by atoms with Crippen LogP contribution in [0.2, 0.25) is 0 Å². The molecule has 43 heavy (non-hydrogen) atoms. The van der Waals surface area contributed by atoms with Gasteiger partial charge < -0.3 is 4.74 Å². The van der Waals surface area contributed by atoms with E-state index in [1.54, 1.807) is 12.2 Å². The van der Waals surface area contributed by atoms with Crippen molar-refractivity contribution in [1.29, 1.82) is 0 Å². The number of hydrogen-bond acceptors (Lipinski definition) is 9. The predicted octanol–water partition coefficient (Wildman–Crippen LogP) is 8.18. The molecular formula is C30H28N4O9. The summed E-state index contributed by atoms with van der Waals surface area (Å²) in [6.07, 6.45) is 11.7. The second-order valence-corrected chi connectivity index (χ2v) is 9.93. The molecule has 0 saturated carbocycles. The molecule has 3 aromatic rings. The maximum Gasteiger partial charge on any atom is 0.284 e. The Hall–Kier alpha value is -5.46. The summed E-state index contributed by atoms with van der Waals surface area (Å²) in [5.74, 6) is 0.710. The number of hydrogen-bond donors (Lipinski definition) is 0. The molecule has 0 spiro atoms. The van der Waals surface area contributed by atoms with Gasteiger partial charge in [0.1, 0.15) is 5.75 Å². The van der Waals surface area contributed by atoms with Crippen molar-refractivity contribution in [1.82, 2.24) is 0 Å². The van der Waals surface area contributed by atoms with E-state index in [0.29, 0.717) is 12.4 Å². The van der Waals surface area contributed by atoms with Crippen LogP contribution in [0.15, 0.2) is 60.7 Å². The van der Waals surface area contributed by atoms with E-state index in [9.17, 15) is 40.5 Å². The second kappa shape index (κ2) is 13.5. The molecule has 0 aliphatic heterocycles. The summed E-state index contributed by atoms with van der Waals surface area (Å²) in [6.45, 7) is 2.79. The van der Waals surface area contributed by atoms with Crippen molar-refractivity contribution in [2.24, 2.45) is 0 Å². The Labute approximate surface area is 245 Å². The Morgan fingerprint density at radius 3 is 1.67 bits per heavy atom. The number of nitro benzene ring substituents is 4. The fourth-order valence-corrected chi connectivity index (χ4v) is 5.00. The van der Waals surface area contributed by atoms with Gasteiger partial charge in [0.15, 0.2) is 0 Å². The lowest BCUT2D eigenvalue weighted by molar-refractivity contribution is -0.395. The van der Waals surface area contributed by atoms with Gasteiger partial charge in [-0.05, 0) is 29.7 Å². The van der Waals surface area contributed by atoms with Crippen LogP contribution in [-0.2, 0) is 0 Å². The fraction of sp³-hybridized carbons (Fsp3) is 0.267. The molecule has 1 aliphatic carbocycles. The van der Waals surface area contributed by atoms with E-state index in [1.165, 1.54) is 31.8 Å². The van der Waals surface area contributed by atoms with Crippen LogP contribution in [0.1, 0.15) is 62.1 Å². The normalized spacial score (nSPS) is 11.7. The molecule has 0 fully saturated rings. The van der Waals surface area contributed by atoms with E-state index in [-0.39, 0.29) is 27.8 Å². The first kappa shape index (κ1) is 30.5. The molecule has 0 radical (unpaired) electrons. The van der Waals surface area contributed by atoms with Crippen molar-refractivity contribution in [3.8, 4) is 16.9 Å². The molecule has 0 atom stereocenters. The van der Waals surface area contributed by atoms with Gasteiger partial charge in [-0.3, -0.25) is 40.5 Å². The van der Waals surface area contributed by atoms with Crippen LogP contribution >= 0.6 is 0 Å². The smallest absolute Gasteiger partial charge is 0.284 e. The lowest BCUT2D eigenvalue weighted by atomic mass is 10.0. The molecule has 4 rings (SSSR count). The van der Waals surface area contributed by atoms with Crippen LogP contribution in [0.3, 0.4) is 0 Å². The van der Waals surface area contributed by atoms with Gasteiger partial charge in [-0.1, -0.05) is 69.4 Å². The van der Waals surface area contributed by atoms with Gasteiger partial charge in [0, 0.05) is 23.3 Å². The van der Waals surface area contributed by atoms with Gasteiger partial charge in [-0.25, -0.2) is 0 Å². The van der Waals surface area contributed by atoms with Crippen molar-refractivity contribution >= 4 is 34.4 Å². The molecule has 13 nitrogen and oxygen atoms in total. The number of rotatable bonds is 14. The standard InChI is InChI=1S/C30H28N4O9/c1-2-3-4-5-6-7-15-43-23-13-11-20(12-14-23)9-8-10-24-25-16-21(31(35)36)18-27(33(39)40)29(25)30-26(24)17-22(32(37)38)19-28(30)34(41)42/h8-14,16-19H,2-7,15H2,1H3/b9-8+. The Morgan fingerprint density at radius 1 is 0.674 bits per heavy atom. The van der Waals surface area contributed by atoms with Crippen molar-refractivity contribution < 1.29 is 24.4 Å². The van der Waals surface area contributed by atoms with Crippen molar-refractivity contribution in [3.63, 3.8) is 0 Å². The number of nitrogens with zero attached hydrogens (tertiary/aromatic N) is 4. The van der Waals surface area contributed by atoms with Crippen molar-refractivity contribution in [2.75, 3.05) is 6.61 Å². The number of nitro groups is 4. The first-order valence-electron chi connectivity index (χ1n) is 13.7. The van der Waals surface area contributed by atoms with Gasteiger partial charge in [-0.15, -0.1) is 0 Å². The minimum Gasteiger partial charge on any atom is -0.494 e. The molecule has 0 bridgehead atoms. The predicted molar refractivity (Wildman–Crippen MR) is 160 cm³/mol. The van der Waals surface area contributed by atoms with Crippen LogP contribution in [0.5, 0.6) is 5.75 Å². The van der Waals surface area contributed by atoms with Crippen LogP contribution in [0.4, 0.5) is 22.7 Å². The average molecular weight is 589 g/mol. The van der Waals surface area contributed by atoms with E-state index in [1.807, 2.05) is 24.3 Å². The zero-order valence-corrected chi connectivity index (χ0v) is 23.3. The molecule has 0 N–H and O–H groups in total. The third kappa shape index (κ3) is 6.89. The van der Waals surface area contributed by atoms with E-state index in [0.717, 1.165) is 42.7 Å². The van der Waals surface area contributed by atoms with Gasteiger partial charge in [0.05, 0.1) is 49.6 Å². The van der Waals surface area contributed by atoms with Crippen molar-refractivity contribution in [3.05, 3.63) is 118 Å². The third-order valence-electron chi connectivity index (χ3n) is 7.05. The average Bonchev–Trinajstić information content (AvgIpc) is 3.29. The quantitative estimate of drug-likeness (QED) is 0.0796. The molecule has 3 aromatic carbocycles. The maximum absolute atomic E-state index is 11.9. The highest BCUT2D eigenvalue weighted by atomic mass is 16.6. The maximum atomic E-state index is 11.9. The molecule has 222 valence electrons. The minimum atomic E-state index is -0.865. The number of non-ortho nitro benzene ring substituents is 2. The molecular weight excluding hydrogens is 560 g/mol. The second-order valence-electron chi connectivity index (χ2n) is 9.93. The van der Waals surface area contributed by atoms with Crippen LogP contribution < -0.4 is 4.74 Å².